The van der Waals surface area contributed by atoms with E-state index in [2.05, 4.69) is 9.97 Å². The van der Waals surface area contributed by atoms with Crippen LogP contribution in [-0.4, -0.2) is 9.97 Å². The van der Waals surface area contributed by atoms with Crippen LogP contribution in [0.4, 0.5) is 0 Å². The van der Waals surface area contributed by atoms with Crippen LogP contribution in [0, 0.1) is 0 Å². The van der Waals surface area contributed by atoms with Crippen molar-refractivity contribution < 1.29 is 0 Å². The fourth-order valence-corrected chi connectivity index (χ4v) is 2.07. The summed E-state index contributed by atoms with van der Waals surface area (Å²) in [5, 5.41) is 0. The van der Waals surface area contributed by atoms with Crippen molar-refractivity contribution in [2.45, 2.75) is 6.04 Å². The molecule has 3 N–H and O–H groups in total. The normalized spacial score (nSPS) is 11.8. The first-order chi connectivity index (χ1) is 9.25. The van der Waals surface area contributed by atoms with Crippen LogP contribution in [0.25, 0.3) is 11.0 Å². The van der Waals surface area contributed by atoms with E-state index in [4.69, 9.17) is 5.73 Å². The van der Waals surface area contributed by atoms with Crippen molar-refractivity contribution in [3.8, 4) is 0 Å². The van der Waals surface area contributed by atoms with Gasteiger partial charge < -0.3 is 10.7 Å². The lowest BCUT2D eigenvalue weighted by Gasteiger charge is -2.11. The zero-order valence-corrected chi connectivity index (χ0v) is 11.4. The van der Waals surface area contributed by atoms with Crippen LogP contribution >= 0.6 is 12.4 Å². The van der Waals surface area contributed by atoms with Crippen molar-refractivity contribution in [2.75, 3.05) is 0 Å². The van der Waals surface area contributed by atoms with Gasteiger partial charge in [0.25, 0.3) is 5.56 Å². The fraction of sp³-hybridized carbons (Fsp3) is 0.0667. The summed E-state index contributed by atoms with van der Waals surface area (Å²) < 4.78 is 0. The van der Waals surface area contributed by atoms with Crippen LogP contribution in [0.3, 0.4) is 0 Å². The molecule has 0 aliphatic rings. The van der Waals surface area contributed by atoms with E-state index in [0.29, 0.717) is 5.69 Å². The van der Waals surface area contributed by atoms with Crippen molar-refractivity contribution in [1.29, 1.82) is 0 Å². The molecule has 1 heterocycles. The molecule has 0 aliphatic heterocycles. The number of nitrogens with one attached hydrogen (secondary N) is 1. The molecule has 20 heavy (non-hydrogen) atoms. The molecule has 1 atom stereocenters. The molecule has 0 radical (unpaired) electrons. The number of H-pyrrole nitrogens is 1. The molecule has 3 rings (SSSR count). The Morgan fingerprint density at radius 1 is 1.00 bits per heavy atom. The fourth-order valence-electron chi connectivity index (χ4n) is 2.07. The van der Waals surface area contributed by atoms with E-state index in [1.807, 2.05) is 54.6 Å². The minimum atomic E-state index is -0.519. The first-order valence-corrected chi connectivity index (χ1v) is 6.05. The number of nitrogens with two attached hydrogens (primary N) is 1. The number of rotatable bonds is 2. The van der Waals surface area contributed by atoms with Gasteiger partial charge in [-0.05, 0) is 17.7 Å². The molecule has 0 aliphatic carbocycles. The Morgan fingerprint density at radius 3 is 2.40 bits per heavy atom. The average molecular weight is 288 g/mol. The predicted octanol–water partition coefficient (Wildman–Crippen LogP) is 2.39. The van der Waals surface area contributed by atoms with Crippen molar-refractivity contribution in [2.24, 2.45) is 5.73 Å². The van der Waals surface area contributed by atoms with E-state index in [0.717, 1.165) is 16.6 Å². The maximum atomic E-state index is 12.0. The zero-order valence-electron chi connectivity index (χ0n) is 10.6. The number of nitrogens with zero attached hydrogens (tertiary/aromatic N) is 1. The molecule has 4 nitrogen and oxygen atoms in total. The minimum Gasteiger partial charge on any atom is -0.319 e. The van der Waals surface area contributed by atoms with Gasteiger partial charge in [0, 0.05) is 0 Å². The van der Waals surface area contributed by atoms with Crippen molar-refractivity contribution in [3.05, 3.63) is 76.2 Å². The summed E-state index contributed by atoms with van der Waals surface area (Å²) in [5.41, 5.74) is 8.55. The third-order valence-electron chi connectivity index (χ3n) is 3.08. The Labute approximate surface area is 122 Å². The third-order valence-corrected chi connectivity index (χ3v) is 3.08. The molecular formula is C15H14ClN3O. The first kappa shape index (κ1) is 14.2. The summed E-state index contributed by atoms with van der Waals surface area (Å²) in [4.78, 5) is 19.2. The lowest BCUT2D eigenvalue weighted by molar-refractivity contribution is 0.813. The average Bonchev–Trinajstić information content (AvgIpc) is 2.47. The maximum Gasteiger partial charge on any atom is 0.272 e. The van der Waals surface area contributed by atoms with Gasteiger partial charge in [-0.2, -0.15) is 0 Å². The number of benzene rings is 2. The highest BCUT2D eigenvalue weighted by molar-refractivity contribution is 5.85. The summed E-state index contributed by atoms with van der Waals surface area (Å²) in [6.07, 6.45) is 0. The summed E-state index contributed by atoms with van der Waals surface area (Å²) in [6, 6.07) is 16.4. The second-order valence-corrected chi connectivity index (χ2v) is 4.36. The van der Waals surface area contributed by atoms with Gasteiger partial charge in [0.2, 0.25) is 0 Å². The second-order valence-electron chi connectivity index (χ2n) is 4.36. The van der Waals surface area contributed by atoms with Crippen LogP contribution in [0.5, 0.6) is 0 Å². The van der Waals surface area contributed by atoms with Gasteiger partial charge in [0.05, 0.1) is 17.1 Å². The summed E-state index contributed by atoms with van der Waals surface area (Å²) in [6.45, 7) is 0. The maximum absolute atomic E-state index is 12.0. The molecule has 5 heteroatoms. The zero-order chi connectivity index (χ0) is 13.2. The monoisotopic (exact) mass is 287 g/mol. The SMILES string of the molecule is Cl.NC(c1ccccc1)c1nc2ccccc2[nH]c1=O. The van der Waals surface area contributed by atoms with Crippen molar-refractivity contribution in [3.63, 3.8) is 0 Å². The number of para-hydroxylation sites is 2. The number of aromatic nitrogens is 2. The Balaban J connectivity index is 0.00000147. The molecule has 0 saturated carbocycles. The van der Waals surface area contributed by atoms with Crippen molar-refractivity contribution in [1.82, 2.24) is 9.97 Å². The van der Waals surface area contributed by atoms with Gasteiger partial charge >= 0.3 is 0 Å². The Bertz CT molecular complexity index is 771. The standard InChI is InChI=1S/C15H13N3O.ClH/c16-13(10-6-2-1-3-7-10)14-15(19)18-12-9-5-4-8-11(12)17-14;/h1-9,13H,16H2,(H,18,19);1H. The van der Waals surface area contributed by atoms with Gasteiger partial charge in [-0.1, -0.05) is 42.5 Å². The molecule has 1 unspecified atom stereocenters. The third kappa shape index (κ3) is 2.57. The Hall–Kier alpha value is -2.17. The predicted molar refractivity (Wildman–Crippen MR) is 82.1 cm³/mol. The highest BCUT2D eigenvalue weighted by Gasteiger charge is 2.14. The molecule has 102 valence electrons. The molecule has 3 aromatic rings. The smallest absolute Gasteiger partial charge is 0.272 e. The van der Waals surface area contributed by atoms with Gasteiger partial charge in [-0.3, -0.25) is 4.79 Å². The number of halogens is 1. The van der Waals surface area contributed by atoms with Crippen LogP contribution in [0.15, 0.2) is 59.4 Å². The number of aromatic amines is 1. The van der Waals surface area contributed by atoms with Gasteiger partial charge in [0.1, 0.15) is 5.69 Å². The Kier molecular flexibility index (Phi) is 4.17. The largest absolute Gasteiger partial charge is 0.319 e. The van der Waals surface area contributed by atoms with E-state index >= 15 is 0 Å². The molecule has 0 fully saturated rings. The van der Waals surface area contributed by atoms with E-state index in [9.17, 15) is 4.79 Å². The highest BCUT2D eigenvalue weighted by atomic mass is 35.5. The summed E-state index contributed by atoms with van der Waals surface area (Å²) in [5.74, 6) is 0. The van der Waals surface area contributed by atoms with Crippen LogP contribution in [-0.2, 0) is 0 Å². The van der Waals surface area contributed by atoms with E-state index in [-0.39, 0.29) is 18.0 Å². The van der Waals surface area contributed by atoms with E-state index in [1.54, 1.807) is 0 Å². The van der Waals surface area contributed by atoms with Gasteiger partial charge in [0.15, 0.2) is 0 Å². The molecule has 0 bridgehead atoms. The lowest BCUT2D eigenvalue weighted by atomic mass is 10.0. The molecule has 0 amide bonds. The van der Waals surface area contributed by atoms with Gasteiger partial charge in [-0.25, -0.2) is 4.98 Å². The summed E-state index contributed by atoms with van der Waals surface area (Å²) >= 11 is 0. The first-order valence-electron chi connectivity index (χ1n) is 6.05. The topological polar surface area (TPSA) is 71.8 Å². The second kappa shape index (κ2) is 5.86. The van der Waals surface area contributed by atoms with Crippen LogP contribution in [0.2, 0.25) is 0 Å². The molecular weight excluding hydrogens is 274 g/mol. The molecule has 1 aromatic heterocycles. The molecule has 0 saturated heterocycles. The van der Waals surface area contributed by atoms with Gasteiger partial charge in [-0.15, -0.1) is 12.4 Å². The quantitative estimate of drug-likeness (QED) is 0.760. The van der Waals surface area contributed by atoms with Crippen LogP contribution in [0.1, 0.15) is 17.3 Å². The van der Waals surface area contributed by atoms with Crippen LogP contribution < -0.4 is 11.3 Å². The molecule has 0 spiro atoms. The lowest BCUT2D eigenvalue weighted by Crippen LogP contribution is -2.24. The van der Waals surface area contributed by atoms with E-state index < -0.39 is 6.04 Å². The summed E-state index contributed by atoms with van der Waals surface area (Å²) in [7, 11) is 0. The van der Waals surface area contributed by atoms with Crippen molar-refractivity contribution >= 4 is 23.4 Å². The minimum absolute atomic E-state index is 0. The van der Waals surface area contributed by atoms with E-state index in [1.165, 1.54) is 0 Å². The number of fused-ring (bicyclic) bond motifs is 1. The number of hydrogen-bond donors (Lipinski definition) is 2. The Morgan fingerprint density at radius 2 is 1.65 bits per heavy atom. The highest BCUT2D eigenvalue weighted by Crippen LogP contribution is 2.16. The number of hydrogen-bond acceptors (Lipinski definition) is 3. The molecule has 2 aromatic carbocycles.